The maximum Gasteiger partial charge on any atom is 0.221 e. The number of nitrogens with one attached hydrogen (secondary N) is 1. The van der Waals surface area contributed by atoms with Gasteiger partial charge in [-0.05, 0) is 18.2 Å². The lowest BCUT2D eigenvalue weighted by atomic mass is 10.2. The van der Waals surface area contributed by atoms with Gasteiger partial charge in [0.2, 0.25) is 5.91 Å². The molecule has 0 heterocycles. The summed E-state index contributed by atoms with van der Waals surface area (Å²) in [6.45, 7) is 1.99. The minimum atomic E-state index is -0.279. The molecule has 0 unspecified atom stereocenters. The summed E-state index contributed by atoms with van der Waals surface area (Å²) in [7, 11) is 0. The Morgan fingerprint density at radius 3 is 2.39 bits per heavy atom. The number of phenolic OH excluding ortho intramolecular Hbond substituents is 1. The predicted molar refractivity (Wildman–Crippen MR) is 68.8 cm³/mol. The van der Waals surface area contributed by atoms with Crippen molar-refractivity contribution >= 4 is 17.3 Å². The Hall–Kier alpha value is -1.79. The van der Waals surface area contributed by atoms with Gasteiger partial charge >= 0.3 is 0 Å². The van der Waals surface area contributed by atoms with Crippen molar-refractivity contribution in [1.29, 1.82) is 0 Å². The second-order valence-corrected chi connectivity index (χ2v) is 3.82. The van der Waals surface area contributed by atoms with Gasteiger partial charge in [0.1, 0.15) is 5.75 Å². The van der Waals surface area contributed by atoms with Crippen molar-refractivity contribution in [3.05, 3.63) is 18.2 Å². The molecule has 0 aromatic heterocycles. The molecule has 0 aliphatic carbocycles. The van der Waals surface area contributed by atoms with E-state index in [9.17, 15) is 9.90 Å². The van der Waals surface area contributed by atoms with Crippen molar-refractivity contribution in [3.8, 4) is 5.75 Å². The normalized spacial score (nSPS) is 10.2. The summed E-state index contributed by atoms with van der Waals surface area (Å²) in [5.41, 5.74) is 1.01. The number of benzene rings is 1. The van der Waals surface area contributed by atoms with Crippen molar-refractivity contribution in [2.75, 3.05) is 36.5 Å². The first kappa shape index (κ1) is 14.3. The quantitative estimate of drug-likeness (QED) is 0.542. The van der Waals surface area contributed by atoms with Gasteiger partial charge in [-0.3, -0.25) is 4.79 Å². The number of nitrogens with zero attached hydrogens (tertiary/aromatic N) is 1. The topological polar surface area (TPSA) is 93.0 Å². The maximum absolute atomic E-state index is 11.0. The van der Waals surface area contributed by atoms with Crippen molar-refractivity contribution in [2.24, 2.45) is 0 Å². The average Bonchev–Trinajstić information content (AvgIpc) is 2.31. The van der Waals surface area contributed by atoms with E-state index in [4.69, 9.17) is 10.2 Å². The van der Waals surface area contributed by atoms with E-state index in [1.54, 1.807) is 17.0 Å². The third-order valence-corrected chi connectivity index (χ3v) is 2.40. The number of phenols is 1. The maximum atomic E-state index is 11.0. The lowest BCUT2D eigenvalue weighted by Crippen LogP contribution is -2.29. The third kappa shape index (κ3) is 3.90. The first-order chi connectivity index (χ1) is 8.58. The second-order valence-electron chi connectivity index (χ2n) is 3.82. The number of carbonyl (C=O) groups is 1. The number of carbonyl (C=O) groups excluding carboxylic acids is 1. The average molecular weight is 254 g/mol. The van der Waals surface area contributed by atoms with Gasteiger partial charge in [0.25, 0.3) is 0 Å². The number of rotatable bonds is 6. The van der Waals surface area contributed by atoms with E-state index in [-0.39, 0.29) is 24.9 Å². The third-order valence-electron chi connectivity index (χ3n) is 2.40. The smallest absolute Gasteiger partial charge is 0.221 e. The summed E-state index contributed by atoms with van der Waals surface area (Å²) in [5, 5.41) is 30.0. The van der Waals surface area contributed by atoms with Gasteiger partial charge in [-0.1, -0.05) is 0 Å². The van der Waals surface area contributed by atoms with E-state index in [1.165, 1.54) is 13.0 Å². The molecule has 1 aromatic carbocycles. The van der Waals surface area contributed by atoms with Crippen LogP contribution >= 0.6 is 0 Å². The van der Waals surface area contributed by atoms with Crippen molar-refractivity contribution in [2.45, 2.75) is 6.92 Å². The molecule has 6 nitrogen and oxygen atoms in total. The van der Waals surface area contributed by atoms with E-state index in [0.717, 1.165) is 0 Å². The molecule has 1 amide bonds. The van der Waals surface area contributed by atoms with Crippen LogP contribution in [0.25, 0.3) is 0 Å². The Labute approximate surface area is 105 Å². The predicted octanol–water partition coefficient (Wildman–Crippen LogP) is 0.142. The fraction of sp³-hybridized carbons (Fsp3) is 0.417. The molecule has 6 heteroatoms. The summed E-state index contributed by atoms with van der Waals surface area (Å²) in [6.07, 6.45) is 0. The number of amides is 1. The second kappa shape index (κ2) is 6.83. The summed E-state index contributed by atoms with van der Waals surface area (Å²) in [5.74, 6) is -0.305. The largest absolute Gasteiger partial charge is 0.506 e. The molecule has 0 radical (unpaired) electrons. The number of aliphatic hydroxyl groups excluding tert-OH is 2. The van der Waals surface area contributed by atoms with Gasteiger partial charge in [-0.25, -0.2) is 0 Å². The van der Waals surface area contributed by atoms with Crippen LogP contribution in [0.3, 0.4) is 0 Å². The minimum absolute atomic E-state index is 0.0260. The molecule has 0 aliphatic heterocycles. The molecule has 100 valence electrons. The zero-order valence-corrected chi connectivity index (χ0v) is 10.3. The highest BCUT2D eigenvalue weighted by molar-refractivity contribution is 5.91. The molecule has 1 rings (SSSR count). The summed E-state index contributed by atoms with van der Waals surface area (Å²) >= 11 is 0. The van der Waals surface area contributed by atoms with Crippen LogP contribution in [0, 0.1) is 0 Å². The molecule has 0 saturated carbocycles. The van der Waals surface area contributed by atoms with Crippen LogP contribution in [0.4, 0.5) is 11.4 Å². The van der Waals surface area contributed by atoms with Gasteiger partial charge in [-0.15, -0.1) is 0 Å². The summed E-state index contributed by atoms with van der Waals surface area (Å²) in [4.78, 5) is 12.7. The van der Waals surface area contributed by atoms with Crippen LogP contribution in [0.1, 0.15) is 6.92 Å². The Morgan fingerprint density at radius 1 is 1.28 bits per heavy atom. The van der Waals surface area contributed by atoms with Crippen LogP contribution in [0.15, 0.2) is 18.2 Å². The molecule has 4 N–H and O–H groups in total. The monoisotopic (exact) mass is 254 g/mol. The lowest BCUT2D eigenvalue weighted by molar-refractivity contribution is -0.114. The Balaban J connectivity index is 2.96. The zero-order chi connectivity index (χ0) is 13.5. The van der Waals surface area contributed by atoms with E-state index in [1.807, 2.05) is 0 Å². The molecule has 1 aromatic rings. The van der Waals surface area contributed by atoms with Gasteiger partial charge in [-0.2, -0.15) is 0 Å². The van der Waals surface area contributed by atoms with Gasteiger partial charge in [0.05, 0.1) is 18.9 Å². The molecule has 0 saturated heterocycles. The van der Waals surface area contributed by atoms with Crippen molar-refractivity contribution in [1.82, 2.24) is 0 Å². The standard InChI is InChI=1S/C12H18N2O4/c1-9(17)13-11-8-10(2-3-12(11)18)14(4-6-15)5-7-16/h2-3,8,15-16,18H,4-7H2,1H3,(H,13,17). The van der Waals surface area contributed by atoms with Crippen LogP contribution < -0.4 is 10.2 Å². The SMILES string of the molecule is CC(=O)Nc1cc(N(CCO)CCO)ccc1O. The summed E-state index contributed by atoms with van der Waals surface area (Å²) < 4.78 is 0. The first-order valence-corrected chi connectivity index (χ1v) is 5.65. The van der Waals surface area contributed by atoms with Crippen LogP contribution in [0.2, 0.25) is 0 Å². The molecule has 0 aliphatic rings. The number of hydrogen-bond acceptors (Lipinski definition) is 5. The van der Waals surface area contributed by atoms with Gasteiger partial charge in [0, 0.05) is 25.7 Å². The zero-order valence-electron chi connectivity index (χ0n) is 10.3. The number of aromatic hydroxyl groups is 1. The lowest BCUT2D eigenvalue weighted by Gasteiger charge is -2.23. The molecule has 0 bridgehead atoms. The molecule has 0 atom stereocenters. The first-order valence-electron chi connectivity index (χ1n) is 5.65. The van der Waals surface area contributed by atoms with Crippen LogP contribution in [0.5, 0.6) is 5.75 Å². The molecule has 0 fully saturated rings. The van der Waals surface area contributed by atoms with Crippen LogP contribution in [-0.2, 0) is 4.79 Å². The van der Waals surface area contributed by atoms with E-state index in [0.29, 0.717) is 24.5 Å². The van der Waals surface area contributed by atoms with E-state index < -0.39 is 0 Å². The number of anilines is 2. The van der Waals surface area contributed by atoms with Crippen molar-refractivity contribution in [3.63, 3.8) is 0 Å². The van der Waals surface area contributed by atoms with Gasteiger partial charge in [0.15, 0.2) is 0 Å². The highest BCUT2D eigenvalue weighted by Gasteiger charge is 2.09. The van der Waals surface area contributed by atoms with Gasteiger partial charge < -0.3 is 25.5 Å². The highest BCUT2D eigenvalue weighted by Crippen LogP contribution is 2.28. The number of aliphatic hydroxyl groups is 2. The minimum Gasteiger partial charge on any atom is -0.506 e. The summed E-state index contributed by atoms with van der Waals surface area (Å²) in [6, 6.07) is 4.72. The fourth-order valence-corrected chi connectivity index (χ4v) is 1.62. The molecular weight excluding hydrogens is 236 g/mol. The Morgan fingerprint density at radius 2 is 1.89 bits per heavy atom. The van der Waals surface area contributed by atoms with Crippen LogP contribution in [-0.4, -0.2) is 47.5 Å². The van der Waals surface area contributed by atoms with Crippen molar-refractivity contribution < 1.29 is 20.1 Å². The highest BCUT2D eigenvalue weighted by atomic mass is 16.3. The van der Waals surface area contributed by atoms with E-state index in [2.05, 4.69) is 5.32 Å². The Bertz CT molecular complexity index is 403. The fourth-order valence-electron chi connectivity index (χ4n) is 1.62. The molecule has 18 heavy (non-hydrogen) atoms. The van der Waals surface area contributed by atoms with E-state index >= 15 is 0 Å². The Kier molecular flexibility index (Phi) is 5.41. The molecular formula is C12H18N2O4. The molecule has 0 spiro atoms. The number of hydrogen-bond donors (Lipinski definition) is 4.